The molecule has 0 fully saturated rings. The molecule has 1 unspecified atom stereocenters. The van der Waals surface area contributed by atoms with Gasteiger partial charge in [-0.05, 0) is 135 Å². The van der Waals surface area contributed by atoms with Crippen LogP contribution >= 0.6 is 0 Å². The van der Waals surface area contributed by atoms with Crippen molar-refractivity contribution in [2.75, 3.05) is 23.7 Å². The van der Waals surface area contributed by atoms with E-state index in [0.29, 0.717) is 24.5 Å². The summed E-state index contributed by atoms with van der Waals surface area (Å²) in [6.45, 7) is 35.5. The molecule has 0 radical (unpaired) electrons. The molecule has 0 aliphatic rings. The summed E-state index contributed by atoms with van der Waals surface area (Å²) in [4.78, 5) is 25.6. The third kappa shape index (κ3) is 18.7. The molecule has 0 saturated heterocycles. The summed E-state index contributed by atoms with van der Waals surface area (Å²) in [5, 5.41) is 11.8. The van der Waals surface area contributed by atoms with Gasteiger partial charge in [-0.25, -0.2) is 9.59 Å². The van der Waals surface area contributed by atoms with Crippen molar-refractivity contribution in [3.05, 3.63) is 23.8 Å². The molecule has 0 aliphatic heterocycles. The molecule has 10 nitrogen and oxygen atoms in total. The van der Waals surface area contributed by atoms with Crippen molar-refractivity contribution in [2.45, 2.75) is 124 Å². The first-order valence-electron chi connectivity index (χ1n) is 16.1. The second kappa shape index (κ2) is 16.3. The Morgan fingerprint density at radius 2 is 1.04 bits per heavy atom. The number of hydrogen-bond donors (Lipinski definition) is 4. The normalized spacial score (nSPS) is 14.1. The van der Waals surface area contributed by atoms with Crippen LogP contribution in [0, 0.1) is 6.92 Å². The number of nitrogens with one attached hydrogen (secondary N) is 4. The molecule has 0 aliphatic carbocycles. The highest BCUT2D eigenvalue weighted by Crippen LogP contribution is 2.30. The topological polar surface area (TPSA) is 119 Å². The number of anilines is 2. The first kappa shape index (κ1) is 41.9. The summed E-state index contributed by atoms with van der Waals surface area (Å²) >= 11 is 0. The van der Waals surface area contributed by atoms with Crippen LogP contribution in [0.1, 0.15) is 18.9 Å². The molecular weight excluding hydrogens is 669 g/mol. The maximum absolute atomic E-state index is 12.9. The van der Waals surface area contributed by atoms with Crippen LogP contribution in [-0.2, 0) is 16.5 Å². The summed E-state index contributed by atoms with van der Waals surface area (Å²) in [7, 11) is -12.1. The van der Waals surface area contributed by atoms with E-state index in [1.165, 1.54) is 0 Å². The van der Waals surface area contributed by atoms with Crippen molar-refractivity contribution in [2.24, 2.45) is 0 Å². The van der Waals surface area contributed by atoms with E-state index < -0.39 is 50.4 Å². The standard InChI is InChI=1S/C29H64N4O6Si6/c1-24-20-26(32-28(34)30-18-17-19-44(15,36-40(3,4)5)37-41(6,7)8)22-27(21-24)33-29(35)31-23-25(2)45(16,38-42(9,10)11)39-43(12,13)14/h20-22,25H,17-19,23H2,1-16H3,(H2,30,32,34)(H2,31,33,35). The van der Waals surface area contributed by atoms with Gasteiger partial charge in [-0.15, -0.1) is 0 Å². The highest BCUT2D eigenvalue weighted by atomic mass is 28.5. The molecule has 0 saturated carbocycles. The number of hydrogen-bond acceptors (Lipinski definition) is 6. The summed E-state index contributed by atoms with van der Waals surface area (Å²) < 4.78 is 26.4. The monoisotopic (exact) mass is 732 g/mol. The van der Waals surface area contributed by atoms with Crippen LogP contribution in [0.2, 0.25) is 103 Å². The zero-order chi connectivity index (χ0) is 35.1. The highest BCUT2D eigenvalue weighted by molar-refractivity contribution is 6.88. The molecule has 4 amide bonds. The summed E-state index contributed by atoms with van der Waals surface area (Å²) in [6.07, 6.45) is 0.776. The smallest absolute Gasteiger partial charge is 0.319 e. The van der Waals surface area contributed by atoms with Crippen LogP contribution in [0.4, 0.5) is 21.0 Å². The van der Waals surface area contributed by atoms with Crippen LogP contribution < -0.4 is 21.3 Å². The molecule has 1 aromatic carbocycles. The molecule has 0 bridgehead atoms. The van der Waals surface area contributed by atoms with Crippen LogP contribution in [0.5, 0.6) is 0 Å². The van der Waals surface area contributed by atoms with E-state index in [4.69, 9.17) is 16.5 Å². The van der Waals surface area contributed by atoms with Gasteiger partial charge in [0.2, 0.25) is 0 Å². The molecule has 45 heavy (non-hydrogen) atoms. The second-order valence-corrected chi connectivity index (χ2v) is 42.3. The quantitative estimate of drug-likeness (QED) is 0.0942. The minimum atomic E-state index is -2.55. The van der Waals surface area contributed by atoms with Crippen molar-refractivity contribution in [3.63, 3.8) is 0 Å². The molecule has 0 aromatic heterocycles. The number of carbonyl (C=O) groups is 2. The zero-order valence-electron chi connectivity index (χ0n) is 31.1. The summed E-state index contributed by atoms with van der Waals surface area (Å²) in [5.41, 5.74) is 2.18. The van der Waals surface area contributed by atoms with Crippen molar-refractivity contribution in [3.8, 4) is 0 Å². The van der Waals surface area contributed by atoms with Crippen molar-refractivity contribution >= 4 is 73.8 Å². The van der Waals surface area contributed by atoms with Gasteiger partial charge in [0, 0.05) is 30.0 Å². The van der Waals surface area contributed by atoms with Crippen LogP contribution in [-0.4, -0.2) is 75.5 Å². The maximum Gasteiger partial charge on any atom is 0.319 e. The van der Waals surface area contributed by atoms with E-state index in [1.54, 1.807) is 6.07 Å². The Hall–Kier alpha value is -1.10. The molecule has 4 N–H and O–H groups in total. The molecular formula is C29H64N4O6Si6. The van der Waals surface area contributed by atoms with E-state index in [-0.39, 0.29) is 17.6 Å². The van der Waals surface area contributed by atoms with Crippen LogP contribution in [0.15, 0.2) is 18.2 Å². The van der Waals surface area contributed by atoms with Gasteiger partial charge >= 0.3 is 29.2 Å². The fourth-order valence-electron chi connectivity index (χ4n) is 5.18. The Morgan fingerprint density at radius 1 is 0.644 bits per heavy atom. The van der Waals surface area contributed by atoms with E-state index in [9.17, 15) is 9.59 Å². The Labute approximate surface area is 280 Å². The predicted molar refractivity (Wildman–Crippen MR) is 205 cm³/mol. The van der Waals surface area contributed by atoms with E-state index >= 15 is 0 Å². The Bertz CT molecular complexity index is 1100. The highest BCUT2D eigenvalue weighted by Gasteiger charge is 2.45. The zero-order valence-corrected chi connectivity index (χ0v) is 37.1. The number of benzene rings is 1. The van der Waals surface area contributed by atoms with E-state index in [2.05, 4.69) is 120 Å². The number of carbonyl (C=O) groups excluding carboxylic acids is 2. The van der Waals surface area contributed by atoms with Gasteiger partial charge in [0.1, 0.15) is 0 Å². The number of aryl methyl sites for hydroxylation is 1. The lowest BCUT2D eigenvalue weighted by Gasteiger charge is -2.42. The van der Waals surface area contributed by atoms with Crippen LogP contribution in [0.25, 0.3) is 0 Å². The second-order valence-electron chi connectivity index (χ2n) is 16.3. The Morgan fingerprint density at radius 3 is 1.44 bits per heavy atom. The maximum atomic E-state index is 12.9. The van der Waals surface area contributed by atoms with Crippen molar-refractivity contribution in [1.82, 2.24) is 10.6 Å². The number of rotatable bonds is 17. The number of urea groups is 2. The molecule has 0 heterocycles. The minimum absolute atomic E-state index is 0.0601. The average molecular weight is 733 g/mol. The van der Waals surface area contributed by atoms with Gasteiger partial charge in [-0.1, -0.05) is 6.92 Å². The lowest BCUT2D eigenvalue weighted by atomic mass is 10.2. The fourth-order valence-corrected chi connectivity index (χ4v) is 30.1. The lowest BCUT2D eigenvalue weighted by molar-refractivity contribution is 0.251. The third-order valence-electron chi connectivity index (χ3n) is 6.21. The van der Waals surface area contributed by atoms with Gasteiger partial charge in [-0.3, -0.25) is 0 Å². The molecule has 260 valence electrons. The van der Waals surface area contributed by atoms with Crippen LogP contribution in [0.3, 0.4) is 0 Å². The number of amides is 4. The lowest BCUT2D eigenvalue weighted by Crippen LogP contribution is -2.56. The molecule has 1 atom stereocenters. The first-order valence-corrected chi connectivity index (χ1v) is 34.7. The summed E-state index contributed by atoms with van der Waals surface area (Å²) in [5.74, 6) is 0. The van der Waals surface area contributed by atoms with Gasteiger partial charge in [0.25, 0.3) is 0 Å². The summed E-state index contributed by atoms with van der Waals surface area (Å²) in [6, 6.07) is 5.72. The Kier molecular flexibility index (Phi) is 15.2. The van der Waals surface area contributed by atoms with Gasteiger partial charge in [0.05, 0.1) is 0 Å². The fraction of sp³-hybridized carbons (Fsp3) is 0.724. The predicted octanol–water partition coefficient (Wildman–Crippen LogP) is 8.57. The van der Waals surface area contributed by atoms with E-state index in [1.807, 2.05) is 19.1 Å². The van der Waals surface area contributed by atoms with Crippen molar-refractivity contribution in [1.29, 1.82) is 0 Å². The minimum Gasteiger partial charge on any atom is -0.437 e. The molecule has 0 spiro atoms. The molecule has 1 aromatic rings. The average Bonchev–Trinajstić information content (AvgIpc) is 2.74. The van der Waals surface area contributed by atoms with Gasteiger partial charge in [-0.2, -0.15) is 0 Å². The van der Waals surface area contributed by atoms with Gasteiger partial charge < -0.3 is 37.7 Å². The molecule has 1 rings (SSSR count). The van der Waals surface area contributed by atoms with E-state index in [0.717, 1.165) is 18.0 Å². The largest absolute Gasteiger partial charge is 0.437 e. The SMILES string of the molecule is Cc1cc(NC(=O)NCCC[Si](C)(O[Si](C)(C)C)O[Si](C)(C)C)cc(NC(=O)NCC(C)[Si](C)(O[Si](C)(C)C)O[Si](C)(C)C)c1. The van der Waals surface area contributed by atoms with Gasteiger partial charge in [0.15, 0.2) is 33.3 Å². The Balaban J connectivity index is 2.76. The third-order valence-corrected chi connectivity index (χ3v) is 26.0. The van der Waals surface area contributed by atoms with Crippen molar-refractivity contribution < 1.29 is 26.0 Å². The molecule has 16 heteroatoms. The first-order chi connectivity index (χ1) is 20.1.